The lowest BCUT2D eigenvalue weighted by atomic mass is 10.3. The third-order valence-electron chi connectivity index (χ3n) is 2.14. The first-order valence-corrected chi connectivity index (χ1v) is 4.41. The van der Waals surface area contributed by atoms with E-state index < -0.39 is 6.30 Å². The van der Waals surface area contributed by atoms with Crippen LogP contribution in [0.4, 0.5) is 18.9 Å². The molecule has 0 saturated heterocycles. The number of para-hydroxylation sites is 1. The van der Waals surface area contributed by atoms with Gasteiger partial charge < -0.3 is 4.90 Å². The Bertz CT molecular complexity index is 359. The van der Waals surface area contributed by atoms with E-state index in [1.54, 1.807) is 24.3 Å². The SMILES string of the molecule is FC(F)(F)N1C=CN(c2ccccc2)C1. The van der Waals surface area contributed by atoms with Gasteiger partial charge in [-0.1, -0.05) is 18.2 Å². The highest BCUT2D eigenvalue weighted by atomic mass is 19.4. The highest BCUT2D eigenvalue weighted by molar-refractivity contribution is 5.49. The van der Waals surface area contributed by atoms with Crippen molar-refractivity contribution in [2.24, 2.45) is 0 Å². The van der Waals surface area contributed by atoms with Crippen molar-refractivity contribution in [2.75, 3.05) is 11.6 Å². The number of rotatable bonds is 1. The molecule has 2 nitrogen and oxygen atoms in total. The van der Waals surface area contributed by atoms with Crippen molar-refractivity contribution in [1.82, 2.24) is 4.90 Å². The van der Waals surface area contributed by atoms with Crippen LogP contribution in [-0.2, 0) is 0 Å². The second-order valence-electron chi connectivity index (χ2n) is 3.18. The molecule has 0 spiro atoms. The van der Waals surface area contributed by atoms with Crippen LogP contribution < -0.4 is 4.90 Å². The van der Waals surface area contributed by atoms with Crippen molar-refractivity contribution >= 4 is 5.69 Å². The summed E-state index contributed by atoms with van der Waals surface area (Å²) in [7, 11) is 0. The molecule has 1 aromatic rings. The summed E-state index contributed by atoms with van der Waals surface area (Å²) in [6.45, 7) is -0.187. The molecule has 0 aromatic heterocycles. The third kappa shape index (κ3) is 2.06. The second-order valence-corrected chi connectivity index (χ2v) is 3.18. The molecule has 2 rings (SSSR count). The van der Waals surface area contributed by atoms with Gasteiger partial charge in [0.25, 0.3) is 0 Å². The number of nitrogens with zero attached hydrogens (tertiary/aromatic N) is 2. The quantitative estimate of drug-likeness (QED) is 0.663. The number of hydrogen-bond acceptors (Lipinski definition) is 2. The summed E-state index contributed by atoms with van der Waals surface area (Å²) in [5.74, 6) is 0. The Morgan fingerprint density at radius 3 is 2.20 bits per heavy atom. The van der Waals surface area contributed by atoms with Crippen molar-refractivity contribution in [1.29, 1.82) is 0 Å². The van der Waals surface area contributed by atoms with Crippen molar-refractivity contribution in [2.45, 2.75) is 6.30 Å². The van der Waals surface area contributed by atoms with E-state index in [1.807, 2.05) is 6.07 Å². The normalized spacial score (nSPS) is 16.2. The molecule has 5 heteroatoms. The summed E-state index contributed by atoms with van der Waals surface area (Å²) in [6.07, 6.45) is -1.85. The van der Waals surface area contributed by atoms with Crippen LogP contribution in [-0.4, -0.2) is 17.9 Å². The molecule has 0 aliphatic carbocycles. The van der Waals surface area contributed by atoms with Gasteiger partial charge in [-0.15, -0.1) is 0 Å². The van der Waals surface area contributed by atoms with E-state index in [4.69, 9.17) is 0 Å². The fourth-order valence-electron chi connectivity index (χ4n) is 1.37. The number of benzene rings is 1. The molecule has 1 aliphatic rings. The molecule has 1 aromatic carbocycles. The van der Waals surface area contributed by atoms with Crippen LogP contribution >= 0.6 is 0 Å². The number of anilines is 1. The lowest BCUT2D eigenvalue weighted by Crippen LogP contribution is -2.36. The molecule has 0 unspecified atom stereocenters. The Labute approximate surface area is 85.2 Å². The zero-order chi connectivity index (χ0) is 10.9. The Balaban J connectivity index is 2.10. The summed E-state index contributed by atoms with van der Waals surface area (Å²) < 4.78 is 36.9. The molecule has 0 N–H and O–H groups in total. The number of alkyl halides is 3. The zero-order valence-corrected chi connectivity index (χ0v) is 7.78. The molecule has 0 saturated carbocycles. The smallest absolute Gasteiger partial charge is 0.328 e. The van der Waals surface area contributed by atoms with Crippen LogP contribution in [0.25, 0.3) is 0 Å². The van der Waals surface area contributed by atoms with Gasteiger partial charge in [0.15, 0.2) is 0 Å². The zero-order valence-electron chi connectivity index (χ0n) is 7.78. The summed E-state index contributed by atoms with van der Waals surface area (Å²) in [5.41, 5.74) is 0.750. The maximum atomic E-state index is 12.3. The molecule has 0 bridgehead atoms. The maximum Gasteiger partial charge on any atom is 0.485 e. The minimum Gasteiger partial charge on any atom is -0.328 e. The third-order valence-corrected chi connectivity index (χ3v) is 2.14. The van der Waals surface area contributed by atoms with Crippen molar-refractivity contribution < 1.29 is 13.2 Å². The fourth-order valence-corrected chi connectivity index (χ4v) is 1.37. The average Bonchev–Trinajstić information content (AvgIpc) is 2.67. The Kier molecular flexibility index (Phi) is 2.30. The average molecular weight is 214 g/mol. The lowest BCUT2D eigenvalue weighted by molar-refractivity contribution is -0.224. The first-order valence-electron chi connectivity index (χ1n) is 4.41. The summed E-state index contributed by atoms with van der Waals surface area (Å²) in [6, 6.07) is 8.94. The van der Waals surface area contributed by atoms with Crippen LogP contribution in [0.1, 0.15) is 0 Å². The van der Waals surface area contributed by atoms with Gasteiger partial charge in [0.05, 0.1) is 0 Å². The van der Waals surface area contributed by atoms with E-state index in [9.17, 15) is 13.2 Å². The molecular weight excluding hydrogens is 205 g/mol. The van der Waals surface area contributed by atoms with E-state index in [0.717, 1.165) is 11.9 Å². The Hall–Kier alpha value is -1.65. The van der Waals surface area contributed by atoms with Gasteiger partial charge >= 0.3 is 6.30 Å². The first-order chi connectivity index (χ1) is 7.07. The monoisotopic (exact) mass is 214 g/mol. The Morgan fingerprint density at radius 1 is 1.00 bits per heavy atom. The molecular formula is C10H9F3N2. The maximum absolute atomic E-state index is 12.3. The van der Waals surface area contributed by atoms with Gasteiger partial charge in [-0.05, 0) is 12.1 Å². The molecule has 1 heterocycles. The van der Waals surface area contributed by atoms with Crippen molar-refractivity contribution in [3.8, 4) is 0 Å². The van der Waals surface area contributed by atoms with Crippen LogP contribution in [0.15, 0.2) is 42.7 Å². The number of hydrogen-bond donors (Lipinski definition) is 0. The summed E-state index contributed by atoms with van der Waals surface area (Å²) >= 11 is 0. The molecule has 0 fully saturated rings. The van der Waals surface area contributed by atoms with Gasteiger partial charge in [-0.25, -0.2) is 0 Å². The fraction of sp³-hybridized carbons (Fsp3) is 0.200. The first kappa shape index (κ1) is 9.89. The minimum absolute atomic E-state index is 0.187. The molecule has 0 radical (unpaired) electrons. The summed E-state index contributed by atoms with van der Waals surface area (Å²) in [4.78, 5) is 1.87. The molecule has 80 valence electrons. The lowest BCUT2D eigenvalue weighted by Gasteiger charge is -2.22. The van der Waals surface area contributed by atoms with E-state index in [1.165, 1.54) is 11.1 Å². The molecule has 0 amide bonds. The van der Waals surface area contributed by atoms with Crippen molar-refractivity contribution in [3.05, 3.63) is 42.7 Å². The van der Waals surface area contributed by atoms with Crippen LogP contribution in [0.2, 0.25) is 0 Å². The standard InChI is InChI=1S/C10H9F3N2/c11-10(12,13)15-7-6-14(8-15)9-4-2-1-3-5-9/h1-7H,8H2. The van der Waals surface area contributed by atoms with Gasteiger partial charge in [0, 0.05) is 18.1 Å². The molecule has 1 aliphatic heterocycles. The Morgan fingerprint density at radius 2 is 1.67 bits per heavy atom. The van der Waals surface area contributed by atoms with E-state index in [0.29, 0.717) is 4.90 Å². The van der Waals surface area contributed by atoms with Gasteiger partial charge in [-0.2, -0.15) is 13.2 Å². The van der Waals surface area contributed by atoms with Gasteiger partial charge in [0.2, 0.25) is 0 Å². The van der Waals surface area contributed by atoms with Gasteiger partial charge in [0.1, 0.15) is 6.67 Å². The predicted octanol–water partition coefficient (Wildman–Crippen LogP) is 2.76. The van der Waals surface area contributed by atoms with Gasteiger partial charge in [-0.3, -0.25) is 4.90 Å². The van der Waals surface area contributed by atoms with E-state index in [2.05, 4.69) is 0 Å². The predicted molar refractivity (Wildman–Crippen MR) is 50.8 cm³/mol. The van der Waals surface area contributed by atoms with E-state index in [-0.39, 0.29) is 6.67 Å². The highest BCUT2D eigenvalue weighted by Crippen LogP contribution is 2.27. The molecule has 0 atom stereocenters. The minimum atomic E-state index is -4.31. The van der Waals surface area contributed by atoms with Crippen LogP contribution in [0.5, 0.6) is 0 Å². The second kappa shape index (κ2) is 3.49. The summed E-state index contributed by atoms with van der Waals surface area (Å²) in [5, 5.41) is 0. The number of halogens is 3. The molecule has 15 heavy (non-hydrogen) atoms. The van der Waals surface area contributed by atoms with Crippen LogP contribution in [0, 0.1) is 0 Å². The van der Waals surface area contributed by atoms with E-state index >= 15 is 0 Å². The largest absolute Gasteiger partial charge is 0.485 e. The van der Waals surface area contributed by atoms with Crippen LogP contribution in [0.3, 0.4) is 0 Å². The van der Waals surface area contributed by atoms with Crippen molar-refractivity contribution in [3.63, 3.8) is 0 Å². The highest BCUT2D eigenvalue weighted by Gasteiger charge is 2.37. The topological polar surface area (TPSA) is 6.48 Å².